The van der Waals surface area contributed by atoms with Crippen molar-refractivity contribution in [2.45, 2.75) is 9.79 Å². The van der Waals surface area contributed by atoms with Gasteiger partial charge in [-0.3, -0.25) is 15.0 Å². The molecule has 0 aliphatic heterocycles. The predicted octanol–water partition coefficient (Wildman–Crippen LogP) is -12.2. The molecule has 0 fully saturated rings. The van der Waals surface area contributed by atoms with Crippen LogP contribution in [0.3, 0.4) is 0 Å². The topological polar surface area (TPSA) is 428 Å². The second-order valence-electron chi connectivity index (χ2n) is 5.94. The van der Waals surface area contributed by atoms with Gasteiger partial charge >= 0.3 is 59.1 Å². The van der Waals surface area contributed by atoms with Crippen molar-refractivity contribution >= 4 is 34.6 Å². The van der Waals surface area contributed by atoms with E-state index in [1.165, 1.54) is 18.5 Å². The van der Waals surface area contributed by atoms with E-state index in [4.69, 9.17) is 0 Å². The molecule has 19 N–H and O–H groups in total. The number of aliphatic imine (C=N–C) groups is 2. The zero-order valence-corrected chi connectivity index (χ0v) is 29.2. The van der Waals surface area contributed by atoms with Crippen molar-refractivity contribution in [3.8, 4) is 11.5 Å². The Hall–Kier alpha value is -0.321. The van der Waals surface area contributed by atoms with E-state index < -0.39 is 15.0 Å². The number of hydrogen-bond donors (Lipinski definition) is 3. The standard InChI is InChI=1S/C18H21N3O8S2.Mn.2Na.8H2O/c22-17-3-1-15(30-29-28-24)9-13(17)11-20-7-5-19-6-8-21-12-14-10-16(31(25,26)27)2-4-18(14)23;;;;;;;;;;;/h1-4,9-12,19,22-24H,5-8H2,(H,25,26,27);;;;8*1H2/q;;2*+1;;;;;;;;/p-2. The van der Waals surface area contributed by atoms with Gasteiger partial charge in [-0.15, -0.1) is 0 Å². The van der Waals surface area contributed by atoms with Crippen molar-refractivity contribution < 1.29 is 158 Å². The molecular formula is C18H35MnN3Na2O16S2. The number of phenolic OH excluding ortho intramolecular Hbond substituents is 2. The summed E-state index contributed by atoms with van der Waals surface area (Å²) in [6, 6.07) is 7.78. The number of aromatic hydroxyl groups is 2. The normalized spacial score (nSPS) is 9.00. The minimum Gasteiger partial charge on any atom is -0.744 e. The Kier molecular flexibility index (Phi) is 60.3. The number of benzene rings is 2. The summed E-state index contributed by atoms with van der Waals surface area (Å²) < 4.78 is 37.3. The van der Waals surface area contributed by atoms with Gasteiger partial charge in [0.15, 0.2) is 0 Å². The third-order valence-corrected chi connectivity index (χ3v) is 5.14. The first kappa shape index (κ1) is 68.7. The number of nitrogens with zero attached hydrogens (tertiary/aromatic N) is 2. The quantitative estimate of drug-likeness (QED) is 0.0354. The molecule has 0 atom stereocenters. The first-order chi connectivity index (χ1) is 14.8. The molecule has 0 aliphatic rings. The van der Waals surface area contributed by atoms with Gasteiger partial charge in [0.25, 0.3) is 0 Å². The monoisotopic (exact) mass is 714 g/mol. The summed E-state index contributed by atoms with van der Waals surface area (Å²) in [6.45, 7) is 1.80. The van der Waals surface area contributed by atoms with Crippen LogP contribution in [0.15, 0.2) is 56.2 Å². The maximum absolute atomic E-state index is 11.0. The molecule has 0 spiro atoms. The Morgan fingerprint density at radius 3 is 1.67 bits per heavy atom. The average Bonchev–Trinajstić information content (AvgIpc) is 2.73. The van der Waals surface area contributed by atoms with E-state index in [2.05, 4.69) is 24.7 Å². The zero-order chi connectivity index (χ0) is 22.7. The van der Waals surface area contributed by atoms with Gasteiger partial charge in [0.2, 0.25) is 0 Å². The minimum absolute atomic E-state index is 0. The molecule has 0 bridgehead atoms. The Labute approximate surface area is 300 Å². The van der Waals surface area contributed by atoms with E-state index in [0.29, 0.717) is 48.7 Å². The van der Waals surface area contributed by atoms with Gasteiger partial charge in [0, 0.05) is 58.6 Å². The van der Waals surface area contributed by atoms with Crippen LogP contribution in [-0.2, 0) is 36.6 Å². The molecule has 1 radical (unpaired) electrons. The first-order valence-electron chi connectivity index (χ1n) is 8.76. The number of phenols is 2. The minimum atomic E-state index is -4.61. The maximum Gasteiger partial charge on any atom is 1.00 e. The molecule has 0 saturated heterocycles. The molecule has 0 heterocycles. The summed E-state index contributed by atoms with van der Waals surface area (Å²) >= 11 is 0.705. The predicted molar refractivity (Wildman–Crippen MR) is 139 cm³/mol. The molecule has 0 amide bonds. The molecule has 2 rings (SSSR count). The summed E-state index contributed by atoms with van der Waals surface area (Å²) in [4.78, 5) is 8.37. The second-order valence-corrected chi connectivity index (χ2v) is 8.09. The molecule has 2 aromatic carbocycles. The van der Waals surface area contributed by atoms with Crippen molar-refractivity contribution in [3.63, 3.8) is 0 Å². The van der Waals surface area contributed by atoms with E-state index in [-0.39, 0.29) is 137 Å². The van der Waals surface area contributed by atoms with E-state index in [1.54, 1.807) is 12.1 Å². The van der Waals surface area contributed by atoms with Gasteiger partial charge < -0.3 is 69.1 Å². The van der Waals surface area contributed by atoms with Gasteiger partial charge in [0.1, 0.15) is 21.6 Å². The second kappa shape index (κ2) is 36.9. The summed E-state index contributed by atoms with van der Waals surface area (Å²) in [6.07, 6.45) is 2.77. The van der Waals surface area contributed by atoms with Crippen LogP contribution in [0.4, 0.5) is 0 Å². The SMILES string of the molecule is O.O.O.O.O.O.O.O.O=S(=O)([O-])c1ccc(O)c(C=NCCNCCN=Cc2cc(SOO[O-])ccc2O)c1.[Mn].[Na+].[Na+]. The molecular weight excluding hydrogens is 679 g/mol. The van der Waals surface area contributed by atoms with Crippen LogP contribution in [0, 0.1) is 0 Å². The Bertz CT molecular complexity index is 1060. The van der Waals surface area contributed by atoms with E-state index in [1.807, 2.05) is 0 Å². The molecule has 0 aliphatic carbocycles. The molecule has 239 valence electrons. The van der Waals surface area contributed by atoms with E-state index in [9.17, 15) is 28.4 Å². The fourth-order valence-electron chi connectivity index (χ4n) is 2.27. The van der Waals surface area contributed by atoms with Crippen molar-refractivity contribution in [2.24, 2.45) is 9.98 Å². The molecule has 2 aromatic rings. The molecule has 24 heteroatoms. The summed E-state index contributed by atoms with van der Waals surface area (Å²) in [5.74, 6) is -0.160. The zero-order valence-electron chi connectivity index (χ0n) is 22.4. The third kappa shape index (κ3) is 26.1. The molecule has 0 aromatic heterocycles. The van der Waals surface area contributed by atoms with Crippen molar-refractivity contribution in [3.05, 3.63) is 47.5 Å². The molecule has 0 saturated carbocycles. The number of nitrogens with one attached hydrogen (secondary N) is 1. The first-order valence-corrected chi connectivity index (χ1v) is 10.9. The smallest absolute Gasteiger partial charge is 0.744 e. The van der Waals surface area contributed by atoms with Crippen molar-refractivity contribution in [1.29, 1.82) is 0 Å². The van der Waals surface area contributed by atoms with Crippen LogP contribution < -0.4 is 69.7 Å². The van der Waals surface area contributed by atoms with Crippen LogP contribution in [0.2, 0.25) is 0 Å². The maximum atomic E-state index is 11.0. The van der Waals surface area contributed by atoms with Gasteiger partial charge in [-0.1, -0.05) is 0 Å². The van der Waals surface area contributed by atoms with Crippen LogP contribution in [0.1, 0.15) is 11.1 Å². The molecule has 19 nitrogen and oxygen atoms in total. The third-order valence-electron chi connectivity index (χ3n) is 3.74. The largest absolute Gasteiger partial charge is 1.00 e. The molecule has 42 heavy (non-hydrogen) atoms. The van der Waals surface area contributed by atoms with Crippen LogP contribution in [0.25, 0.3) is 0 Å². The molecule has 0 unspecified atom stereocenters. The average molecular weight is 715 g/mol. The summed E-state index contributed by atoms with van der Waals surface area (Å²) in [5, 5.41) is 35.7. The van der Waals surface area contributed by atoms with Crippen LogP contribution in [-0.4, -0.2) is 106 Å². The fourth-order valence-corrected chi connectivity index (χ4v) is 3.18. The van der Waals surface area contributed by atoms with Gasteiger partial charge in [0.05, 0.1) is 30.0 Å². The van der Waals surface area contributed by atoms with E-state index in [0.717, 1.165) is 18.2 Å². The van der Waals surface area contributed by atoms with Crippen LogP contribution in [0.5, 0.6) is 11.5 Å². The number of hydrogen-bond acceptors (Lipinski definition) is 12. The Morgan fingerprint density at radius 2 is 1.24 bits per heavy atom. The van der Waals surface area contributed by atoms with Crippen LogP contribution >= 0.6 is 12.0 Å². The van der Waals surface area contributed by atoms with E-state index >= 15 is 0 Å². The summed E-state index contributed by atoms with van der Waals surface area (Å²) in [5.41, 5.74) is 0.583. The Balaban J connectivity index is -0.000000116. The Morgan fingerprint density at radius 1 is 0.810 bits per heavy atom. The summed E-state index contributed by atoms with van der Waals surface area (Å²) in [7, 11) is -4.61. The van der Waals surface area contributed by atoms with Gasteiger partial charge in [-0.05, 0) is 36.4 Å². The fraction of sp³-hybridized carbons (Fsp3) is 0.222. The van der Waals surface area contributed by atoms with Crippen molar-refractivity contribution in [2.75, 3.05) is 26.2 Å². The van der Waals surface area contributed by atoms with Gasteiger partial charge in [-0.2, -0.15) is 4.33 Å². The van der Waals surface area contributed by atoms with Gasteiger partial charge in [-0.25, -0.2) is 8.42 Å². The van der Waals surface area contributed by atoms with Crippen molar-refractivity contribution in [1.82, 2.24) is 5.32 Å². The number of rotatable bonds is 12.